The summed E-state index contributed by atoms with van der Waals surface area (Å²) in [7, 11) is -3.04. The van der Waals surface area contributed by atoms with E-state index in [2.05, 4.69) is 56.7 Å². The Morgan fingerprint density at radius 1 is 0.839 bits per heavy atom. The summed E-state index contributed by atoms with van der Waals surface area (Å²) >= 11 is 0. The minimum atomic E-state index is -3.04. The SMILES string of the molecule is C=C[C@H]([C@@H](CCc1ccccc1)NP(=O)(c1ccccc1)c1ccccc1)C(C)(C)C. The molecule has 2 nitrogen and oxygen atoms in total. The van der Waals surface area contributed by atoms with Crippen LogP contribution in [0.25, 0.3) is 0 Å². The lowest BCUT2D eigenvalue weighted by molar-refractivity contribution is 0.235. The van der Waals surface area contributed by atoms with Gasteiger partial charge in [-0.25, -0.2) is 0 Å². The van der Waals surface area contributed by atoms with E-state index in [1.807, 2.05) is 72.8 Å². The molecule has 0 aliphatic carbocycles. The molecular weight excluding hydrogens is 397 g/mol. The average Bonchev–Trinajstić information content (AvgIpc) is 2.78. The summed E-state index contributed by atoms with van der Waals surface area (Å²) in [6.45, 7) is 10.8. The largest absolute Gasteiger partial charge is 0.297 e. The third-order valence-corrected chi connectivity index (χ3v) is 8.61. The lowest BCUT2D eigenvalue weighted by atomic mass is 9.75. The number of hydrogen-bond acceptors (Lipinski definition) is 1. The van der Waals surface area contributed by atoms with Gasteiger partial charge in [0.05, 0.1) is 0 Å². The highest BCUT2D eigenvalue weighted by Gasteiger charge is 2.36. The third-order valence-electron chi connectivity index (χ3n) is 5.86. The van der Waals surface area contributed by atoms with Crippen molar-refractivity contribution in [1.82, 2.24) is 5.09 Å². The number of benzene rings is 3. The van der Waals surface area contributed by atoms with Crippen molar-refractivity contribution >= 4 is 17.9 Å². The molecule has 3 rings (SSSR count). The number of nitrogens with one attached hydrogen (secondary N) is 1. The zero-order valence-corrected chi connectivity index (χ0v) is 19.8. The second-order valence-corrected chi connectivity index (χ2v) is 11.7. The van der Waals surface area contributed by atoms with Crippen molar-refractivity contribution in [2.24, 2.45) is 11.3 Å². The molecule has 0 spiro atoms. The first-order valence-corrected chi connectivity index (χ1v) is 12.7. The molecule has 31 heavy (non-hydrogen) atoms. The minimum Gasteiger partial charge on any atom is -0.297 e. The fourth-order valence-corrected chi connectivity index (χ4v) is 6.76. The monoisotopic (exact) mass is 431 g/mol. The summed E-state index contributed by atoms with van der Waals surface area (Å²) in [6.07, 6.45) is 3.83. The van der Waals surface area contributed by atoms with Crippen molar-refractivity contribution in [1.29, 1.82) is 0 Å². The molecule has 0 heterocycles. The van der Waals surface area contributed by atoms with Gasteiger partial charge in [-0.3, -0.25) is 9.65 Å². The third kappa shape index (κ3) is 5.85. The van der Waals surface area contributed by atoms with Gasteiger partial charge in [0.15, 0.2) is 0 Å². The zero-order chi connectivity index (χ0) is 22.3. The molecule has 0 saturated carbocycles. The predicted octanol–water partition coefficient (Wildman–Crippen LogP) is 6.35. The van der Waals surface area contributed by atoms with Crippen LogP contribution in [0.2, 0.25) is 0 Å². The molecule has 0 fully saturated rings. The molecule has 162 valence electrons. The summed E-state index contributed by atoms with van der Waals surface area (Å²) in [5.74, 6) is 0.164. The molecule has 0 amide bonds. The molecule has 2 atom stereocenters. The first-order chi connectivity index (χ1) is 14.8. The first-order valence-electron chi connectivity index (χ1n) is 11.0. The topological polar surface area (TPSA) is 29.1 Å². The van der Waals surface area contributed by atoms with Gasteiger partial charge in [-0.1, -0.05) is 93.6 Å². The normalized spacial score (nSPS) is 14.0. The molecule has 0 saturated heterocycles. The summed E-state index contributed by atoms with van der Waals surface area (Å²) in [4.78, 5) is 0. The molecule has 0 aliphatic rings. The van der Waals surface area contributed by atoms with Crippen molar-refractivity contribution in [2.45, 2.75) is 39.7 Å². The van der Waals surface area contributed by atoms with Gasteiger partial charge in [-0.15, -0.1) is 6.58 Å². The van der Waals surface area contributed by atoms with Crippen molar-refractivity contribution in [3.63, 3.8) is 0 Å². The van der Waals surface area contributed by atoms with Gasteiger partial charge in [0.1, 0.15) is 0 Å². The van der Waals surface area contributed by atoms with E-state index in [0.717, 1.165) is 23.5 Å². The van der Waals surface area contributed by atoms with Crippen molar-refractivity contribution in [3.05, 3.63) is 109 Å². The minimum absolute atomic E-state index is 0.00564. The van der Waals surface area contributed by atoms with E-state index in [1.165, 1.54) is 5.56 Å². The fraction of sp³-hybridized carbons (Fsp3) is 0.286. The summed E-state index contributed by atoms with van der Waals surface area (Å²) in [6, 6.07) is 30.2. The van der Waals surface area contributed by atoms with Crippen LogP contribution in [0, 0.1) is 11.3 Å². The standard InChI is InChI=1S/C28H34NOP/c1-5-26(28(2,3)4)27(22-21-23-15-9-6-10-16-23)29-31(30,24-17-11-7-12-18-24)25-19-13-8-14-20-25/h5-20,26-27H,1,21-22H2,2-4H3,(H,29,30)/t26-,27-/m1/s1. The predicted molar refractivity (Wildman–Crippen MR) is 135 cm³/mol. The molecule has 0 unspecified atom stereocenters. The molecular formula is C28H34NOP. The number of rotatable bonds is 9. The van der Waals surface area contributed by atoms with Crippen molar-refractivity contribution < 1.29 is 4.57 Å². The van der Waals surface area contributed by atoms with Gasteiger partial charge >= 0.3 is 0 Å². The van der Waals surface area contributed by atoms with Gasteiger partial charge in [-0.2, -0.15) is 0 Å². The van der Waals surface area contributed by atoms with Crippen LogP contribution in [-0.4, -0.2) is 6.04 Å². The van der Waals surface area contributed by atoms with Gasteiger partial charge in [-0.05, 0) is 54.0 Å². The smallest absolute Gasteiger partial charge is 0.204 e. The second kappa shape index (κ2) is 10.3. The lowest BCUT2D eigenvalue weighted by Crippen LogP contribution is -2.43. The van der Waals surface area contributed by atoms with Gasteiger partial charge in [0, 0.05) is 16.7 Å². The van der Waals surface area contributed by atoms with Gasteiger partial charge < -0.3 is 0 Å². The van der Waals surface area contributed by atoms with Crippen LogP contribution in [-0.2, 0) is 11.0 Å². The quantitative estimate of drug-likeness (QED) is 0.316. The molecule has 0 radical (unpaired) electrons. The Kier molecular flexibility index (Phi) is 7.70. The number of aryl methyl sites for hydroxylation is 1. The van der Waals surface area contributed by atoms with E-state index in [-0.39, 0.29) is 17.4 Å². The van der Waals surface area contributed by atoms with E-state index in [0.29, 0.717) is 0 Å². The maximum Gasteiger partial charge on any atom is 0.204 e. The van der Waals surface area contributed by atoms with Crippen molar-refractivity contribution in [3.8, 4) is 0 Å². The van der Waals surface area contributed by atoms with E-state index < -0.39 is 7.29 Å². The van der Waals surface area contributed by atoms with E-state index in [9.17, 15) is 4.57 Å². The Balaban J connectivity index is 2.01. The zero-order valence-electron chi connectivity index (χ0n) is 18.9. The molecule has 3 heteroatoms. The lowest BCUT2D eigenvalue weighted by Gasteiger charge is -2.38. The van der Waals surface area contributed by atoms with Crippen LogP contribution in [0.3, 0.4) is 0 Å². The second-order valence-electron chi connectivity index (χ2n) is 9.17. The van der Waals surface area contributed by atoms with E-state index in [4.69, 9.17) is 0 Å². The summed E-state index contributed by atoms with van der Waals surface area (Å²) in [5, 5.41) is 5.35. The molecule has 0 bridgehead atoms. The van der Waals surface area contributed by atoms with E-state index >= 15 is 0 Å². The molecule has 1 N–H and O–H groups in total. The molecule has 3 aromatic rings. The molecule has 0 aliphatic heterocycles. The van der Waals surface area contributed by atoms with Crippen LogP contribution in [0.1, 0.15) is 32.8 Å². The summed E-state index contributed by atoms with van der Waals surface area (Å²) < 4.78 is 14.6. The molecule has 0 aromatic heterocycles. The number of hydrogen-bond donors (Lipinski definition) is 1. The van der Waals surface area contributed by atoms with Gasteiger partial charge in [0.25, 0.3) is 0 Å². The Bertz CT molecular complexity index is 950. The average molecular weight is 432 g/mol. The van der Waals surface area contributed by atoms with Crippen molar-refractivity contribution in [2.75, 3.05) is 0 Å². The maximum absolute atomic E-state index is 14.6. The maximum atomic E-state index is 14.6. The van der Waals surface area contributed by atoms with Crippen LogP contribution >= 0.6 is 7.29 Å². The Morgan fingerprint density at radius 2 is 1.29 bits per heavy atom. The highest BCUT2D eigenvalue weighted by molar-refractivity contribution is 7.76. The Hall–Kier alpha value is -2.41. The van der Waals surface area contributed by atoms with Crippen LogP contribution in [0.4, 0.5) is 0 Å². The van der Waals surface area contributed by atoms with E-state index in [1.54, 1.807) is 0 Å². The first kappa shape index (κ1) is 23.3. The Morgan fingerprint density at radius 3 is 1.71 bits per heavy atom. The van der Waals surface area contributed by atoms with Crippen LogP contribution < -0.4 is 15.7 Å². The fourth-order valence-electron chi connectivity index (χ4n) is 4.22. The van der Waals surface area contributed by atoms with Crippen LogP contribution in [0.5, 0.6) is 0 Å². The molecule has 3 aromatic carbocycles. The van der Waals surface area contributed by atoms with Crippen LogP contribution in [0.15, 0.2) is 104 Å². The summed E-state index contributed by atoms with van der Waals surface area (Å²) in [5.41, 5.74) is 1.29. The Labute approximate surface area is 187 Å². The highest BCUT2D eigenvalue weighted by atomic mass is 31.2. The van der Waals surface area contributed by atoms with Gasteiger partial charge in [0.2, 0.25) is 7.29 Å². The highest BCUT2D eigenvalue weighted by Crippen LogP contribution is 2.43.